The summed E-state index contributed by atoms with van der Waals surface area (Å²) in [5.74, 6) is 0. The van der Waals surface area contributed by atoms with Crippen LogP contribution in [0.3, 0.4) is 0 Å². The summed E-state index contributed by atoms with van der Waals surface area (Å²) in [7, 11) is 1.37. The molecule has 0 aromatic rings. The SMILES string of the molecule is CNO[C@@H](C=O)[C@@H](O)[C@H](O)[C@H](O)CO. The highest BCUT2D eigenvalue weighted by molar-refractivity contribution is 5.57. The third-order valence-corrected chi connectivity index (χ3v) is 1.66. The Bertz CT molecular complexity index is 166. The van der Waals surface area contributed by atoms with E-state index in [0.29, 0.717) is 0 Å². The Hall–Kier alpha value is -0.570. The Morgan fingerprint density at radius 3 is 2.29 bits per heavy atom. The van der Waals surface area contributed by atoms with Crippen LogP contribution in [0.25, 0.3) is 0 Å². The Kier molecular flexibility index (Phi) is 6.54. The van der Waals surface area contributed by atoms with Gasteiger partial charge in [0, 0.05) is 7.05 Å². The summed E-state index contributed by atoms with van der Waals surface area (Å²) in [5.41, 5.74) is 2.16. The zero-order valence-electron chi connectivity index (χ0n) is 7.70. The van der Waals surface area contributed by atoms with Gasteiger partial charge in [0.05, 0.1) is 6.61 Å². The molecule has 0 aromatic heterocycles. The highest BCUT2D eigenvalue weighted by Crippen LogP contribution is 2.05. The van der Waals surface area contributed by atoms with E-state index in [1.165, 1.54) is 7.05 Å². The molecule has 0 spiro atoms. The maximum absolute atomic E-state index is 10.4. The number of nitrogens with one attached hydrogen (secondary N) is 1. The molecule has 0 aliphatic heterocycles. The fourth-order valence-electron chi connectivity index (χ4n) is 0.844. The molecule has 0 aliphatic rings. The summed E-state index contributed by atoms with van der Waals surface area (Å²) in [5, 5.41) is 35.9. The van der Waals surface area contributed by atoms with Gasteiger partial charge >= 0.3 is 0 Å². The summed E-state index contributed by atoms with van der Waals surface area (Å²) in [6.45, 7) is -0.719. The first-order valence-electron chi connectivity index (χ1n) is 4.01. The number of aliphatic hydroxyl groups excluding tert-OH is 4. The Morgan fingerprint density at radius 1 is 1.36 bits per heavy atom. The minimum atomic E-state index is -1.65. The molecule has 4 atom stereocenters. The number of carbonyl (C=O) groups is 1. The number of aldehydes is 1. The van der Waals surface area contributed by atoms with Gasteiger partial charge in [-0.05, 0) is 0 Å². The molecule has 0 aromatic carbocycles. The maximum atomic E-state index is 10.4. The molecular weight excluding hydrogens is 194 g/mol. The van der Waals surface area contributed by atoms with E-state index in [9.17, 15) is 15.0 Å². The molecule has 0 amide bonds. The van der Waals surface area contributed by atoms with Crippen LogP contribution in [-0.2, 0) is 9.63 Å². The summed E-state index contributed by atoms with van der Waals surface area (Å²) < 4.78 is 0. The predicted octanol–water partition coefficient (Wildman–Crippen LogP) is -3.22. The summed E-state index contributed by atoms with van der Waals surface area (Å²) in [4.78, 5) is 14.9. The van der Waals surface area contributed by atoms with Crippen LogP contribution in [0, 0.1) is 0 Å². The first kappa shape index (κ1) is 13.4. The third-order valence-electron chi connectivity index (χ3n) is 1.66. The molecule has 0 unspecified atom stereocenters. The van der Waals surface area contributed by atoms with Crippen molar-refractivity contribution in [2.24, 2.45) is 0 Å². The van der Waals surface area contributed by atoms with Crippen molar-refractivity contribution in [3.05, 3.63) is 0 Å². The molecule has 0 saturated heterocycles. The average Bonchev–Trinajstić information content (AvgIpc) is 2.22. The Balaban J connectivity index is 4.25. The van der Waals surface area contributed by atoms with Crippen LogP contribution in [0.4, 0.5) is 0 Å². The van der Waals surface area contributed by atoms with Gasteiger partial charge in [-0.2, -0.15) is 0 Å². The van der Waals surface area contributed by atoms with Crippen molar-refractivity contribution in [2.45, 2.75) is 24.4 Å². The predicted molar refractivity (Wildman–Crippen MR) is 45.1 cm³/mol. The summed E-state index contributed by atoms with van der Waals surface area (Å²) >= 11 is 0. The van der Waals surface area contributed by atoms with E-state index in [4.69, 9.17) is 10.2 Å². The Morgan fingerprint density at radius 2 is 1.93 bits per heavy atom. The van der Waals surface area contributed by atoms with E-state index in [2.05, 4.69) is 10.3 Å². The molecule has 0 aliphatic carbocycles. The van der Waals surface area contributed by atoms with Gasteiger partial charge in [-0.1, -0.05) is 0 Å². The van der Waals surface area contributed by atoms with Gasteiger partial charge in [-0.3, -0.25) is 4.84 Å². The van der Waals surface area contributed by atoms with Gasteiger partial charge in [-0.15, -0.1) is 0 Å². The van der Waals surface area contributed by atoms with E-state index in [0.717, 1.165) is 0 Å². The zero-order chi connectivity index (χ0) is 11.1. The minimum absolute atomic E-state index is 0.272. The number of rotatable bonds is 7. The second kappa shape index (κ2) is 6.82. The fraction of sp³-hybridized carbons (Fsp3) is 0.857. The van der Waals surface area contributed by atoms with Crippen LogP contribution in [0.1, 0.15) is 0 Å². The van der Waals surface area contributed by atoms with Crippen molar-refractivity contribution in [1.29, 1.82) is 0 Å². The first-order valence-corrected chi connectivity index (χ1v) is 4.01. The average molecular weight is 209 g/mol. The monoisotopic (exact) mass is 209 g/mol. The van der Waals surface area contributed by atoms with Crippen molar-refractivity contribution < 1.29 is 30.1 Å². The smallest absolute Gasteiger partial charge is 0.162 e. The van der Waals surface area contributed by atoms with Crippen molar-refractivity contribution >= 4 is 6.29 Å². The summed E-state index contributed by atoms with van der Waals surface area (Å²) in [6.07, 6.45) is -5.82. The van der Waals surface area contributed by atoms with Gasteiger partial charge in [-0.25, -0.2) is 5.48 Å². The highest BCUT2D eigenvalue weighted by atomic mass is 16.7. The molecule has 0 radical (unpaired) electrons. The molecule has 0 bridgehead atoms. The molecular formula is C7H15NO6. The molecule has 7 heteroatoms. The Labute approximate surface area is 80.9 Å². The van der Waals surface area contributed by atoms with E-state index >= 15 is 0 Å². The van der Waals surface area contributed by atoms with E-state index in [1.807, 2.05) is 0 Å². The van der Waals surface area contributed by atoms with Gasteiger partial charge in [0.15, 0.2) is 12.4 Å². The molecule has 14 heavy (non-hydrogen) atoms. The topological polar surface area (TPSA) is 119 Å². The van der Waals surface area contributed by atoms with E-state index in [-0.39, 0.29) is 6.29 Å². The number of hydrogen-bond donors (Lipinski definition) is 5. The largest absolute Gasteiger partial charge is 0.394 e. The van der Waals surface area contributed by atoms with Gasteiger partial charge in [0.1, 0.15) is 18.3 Å². The van der Waals surface area contributed by atoms with Crippen molar-refractivity contribution in [1.82, 2.24) is 5.48 Å². The number of hydrogen-bond acceptors (Lipinski definition) is 7. The number of hydroxylamine groups is 1. The van der Waals surface area contributed by atoms with E-state index in [1.54, 1.807) is 0 Å². The molecule has 0 saturated carbocycles. The maximum Gasteiger partial charge on any atom is 0.162 e. The fourth-order valence-corrected chi connectivity index (χ4v) is 0.844. The van der Waals surface area contributed by atoms with Crippen molar-refractivity contribution in [3.8, 4) is 0 Å². The second-order valence-corrected chi connectivity index (χ2v) is 2.65. The van der Waals surface area contributed by atoms with Crippen molar-refractivity contribution in [2.75, 3.05) is 13.7 Å². The molecule has 0 rings (SSSR count). The van der Waals surface area contributed by atoms with Crippen LogP contribution in [-0.4, -0.2) is 64.8 Å². The van der Waals surface area contributed by atoms with Crippen LogP contribution in [0.5, 0.6) is 0 Å². The van der Waals surface area contributed by atoms with Gasteiger partial charge in [0.2, 0.25) is 0 Å². The lowest BCUT2D eigenvalue weighted by Gasteiger charge is -2.24. The lowest BCUT2D eigenvalue weighted by Crippen LogP contribution is -2.48. The highest BCUT2D eigenvalue weighted by Gasteiger charge is 2.31. The number of carbonyl (C=O) groups excluding carboxylic acids is 1. The second-order valence-electron chi connectivity index (χ2n) is 2.65. The quantitative estimate of drug-likeness (QED) is 0.221. The van der Waals surface area contributed by atoms with E-state index < -0.39 is 31.0 Å². The first-order chi connectivity index (χ1) is 6.58. The lowest BCUT2D eigenvalue weighted by molar-refractivity contribution is -0.156. The molecule has 7 nitrogen and oxygen atoms in total. The lowest BCUT2D eigenvalue weighted by atomic mass is 10.0. The molecule has 5 N–H and O–H groups in total. The van der Waals surface area contributed by atoms with Crippen LogP contribution >= 0.6 is 0 Å². The van der Waals surface area contributed by atoms with Gasteiger partial charge < -0.3 is 25.2 Å². The third kappa shape index (κ3) is 3.66. The van der Waals surface area contributed by atoms with Crippen LogP contribution in [0.2, 0.25) is 0 Å². The zero-order valence-corrected chi connectivity index (χ0v) is 7.70. The minimum Gasteiger partial charge on any atom is -0.394 e. The molecule has 84 valence electrons. The van der Waals surface area contributed by atoms with Crippen LogP contribution in [0.15, 0.2) is 0 Å². The normalized spacial score (nSPS) is 19.8. The van der Waals surface area contributed by atoms with Gasteiger partial charge in [0.25, 0.3) is 0 Å². The number of aliphatic hydroxyl groups is 4. The van der Waals surface area contributed by atoms with Crippen molar-refractivity contribution in [3.63, 3.8) is 0 Å². The van der Waals surface area contributed by atoms with Crippen LogP contribution < -0.4 is 5.48 Å². The standard InChI is InChI=1S/C7H15NO6/c1-8-14-5(3-10)7(13)6(12)4(11)2-9/h3-9,11-13H,2H2,1H3/t4-,5+,6-,7-/m1/s1. The summed E-state index contributed by atoms with van der Waals surface area (Å²) in [6, 6.07) is 0. The molecule has 0 heterocycles. The molecule has 0 fully saturated rings.